The largest absolute Gasteiger partial charge is 4.00 e. The van der Waals surface area contributed by atoms with E-state index in [1.807, 2.05) is 0 Å². The van der Waals surface area contributed by atoms with Crippen LogP contribution in [0, 0.1) is 0 Å². The molecule has 0 bridgehead atoms. The van der Waals surface area contributed by atoms with Crippen molar-refractivity contribution in [2.75, 3.05) is 0 Å². The molecule has 0 radical (unpaired) electrons. The monoisotopic (exact) mass is 1880 g/mol. The second-order valence-electron chi connectivity index (χ2n) is 36.4. The molecule has 0 atom stereocenters. The first-order chi connectivity index (χ1) is 58.6. The zero-order valence-corrected chi connectivity index (χ0v) is 88.8. The molecule has 0 aromatic heterocycles. The van der Waals surface area contributed by atoms with Gasteiger partial charge >= 0.3 is 43.4 Å². The quantitative estimate of drug-likeness (QED) is 0.0408. The summed E-state index contributed by atoms with van der Waals surface area (Å²) in [5.41, 5.74) is 0. The van der Waals surface area contributed by atoms with Crippen molar-refractivity contribution in [1.29, 1.82) is 0 Å². The fourth-order valence-electron chi connectivity index (χ4n) is 15.8. The summed E-state index contributed by atoms with van der Waals surface area (Å²) < 4.78 is 0. The molecule has 122 heavy (non-hydrogen) atoms. The molecule has 0 aromatic rings. The van der Waals surface area contributed by atoms with E-state index in [2.05, 4.69) is 41.5 Å². The van der Waals surface area contributed by atoms with Crippen LogP contribution in [0.25, 0.3) is 0 Å². The summed E-state index contributed by atoms with van der Waals surface area (Å²) in [5, 5.41) is 61.3. The SMILES string of the molecule is CCCCCCCCCCCCCCCCCC(=O)[O-].CCCCCCCCCCCCCCCCCC(=O)[O-].CCCCCCCCCCCCCCCCCC(=O)[O-].CCCCCCCCCCCCCCCCCC(=O)[O-].CCCCCCCCCCCCCCCCCC(=O)[O-].CCCCCCCCCCCCCCCCCC(=O)[O-].[Sn+4].[Zn+2]. The molecular formula is C108H210O12SnZn. The maximum absolute atomic E-state index is 10.2. The van der Waals surface area contributed by atoms with Gasteiger partial charge in [0.25, 0.3) is 0 Å². The van der Waals surface area contributed by atoms with Crippen LogP contribution < -0.4 is 30.6 Å². The summed E-state index contributed by atoms with van der Waals surface area (Å²) in [6.45, 7) is 13.6. The van der Waals surface area contributed by atoms with Crippen LogP contribution >= 0.6 is 0 Å². The molecule has 0 N–H and O–H groups in total. The van der Waals surface area contributed by atoms with Gasteiger partial charge in [0, 0.05) is 35.8 Å². The molecule has 0 unspecified atom stereocenters. The number of carbonyl (C=O) groups excluding carboxylic acids is 6. The minimum absolute atomic E-state index is 0. The summed E-state index contributed by atoms with van der Waals surface area (Å²) in [5.74, 6) is -5.42. The fraction of sp³-hybridized carbons (Fsp3) is 0.944. The van der Waals surface area contributed by atoms with E-state index in [9.17, 15) is 59.4 Å². The number of carboxylic acid groups (broad SMARTS) is 6. The van der Waals surface area contributed by atoms with Crippen LogP contribution in [0.2, 0.25) is 0 Å². The normalized spacial score (nSPS) is 10.7. The van der Waals surface area contributed by atoms with Crippen molar-refractivity contribution < 1.29 is 78.9 Å². The Morgan fingerprint density at radius 2 is 0.164 bits per heavy atom. The summed E-state index contributed by atoms with van der Waals surface area (Å²) in [7, 11) is 0. The van der Waals surface area contributed by atoms with E-state index in [-0.39, 0.29) is 81.9 Å². The van der Waals surface area contributed by atoms with Crippen molar-refractivity contribution in [3.8, 4) is 0 Å². The van der Waals surface area contributed by atoms with Crippen LogP contribution in [0.3, 0.4) is 0 Å². The molecule has 0 aliphatic carbocycles. The van der Waals surface area contributed by atoms with Gasteiger partial charge in [-0.3, -0.25) is 0 Å². The van der Waals surface area contributed by atoms with Gasteiger partial charge in [0.05, 0.1) is 0 Å². The molecule has 720 valence electrons. The van der Waals surface area contributed by atoms with E-state index in [4.69, 9.17) is 0 Å². The topological polar surface area (TPSA) is 241 Å². The molecular weight excluding hydrogens is 1670 g/mol. The zero-order valence-electron chi connectivity index (χ0n) is 83.0. The fourth-order valence-corrected chi connectivity index (χ4v) is 15.8. The first kappa shape index (κ1) is 136. The second kappa shape index (κ2) is 132. The molecule has 0 spiro atoms. The van der Waals surface area contributed by atoms with Crippen molar-refractivity contribution in [2.45, 2.75) is 658 Å². The zero-order chi connectivity index (χ0) is 89.3. The summed E-state index contributed by atoms with van der Waals surface area (Å²) in [4.78, 5) is 61.3. The van der Waals surface area contributed by atoms with Gasteiger partial charge in [-0.1, -0.05) is 581 Å². The number of hydrogen-bond donors (Lipinski definition) is 0. The van der Waals surface area contributed by atoms with Crippen LogP contribution in [-0.2, 0) is 48.2 Å². The Kier molecular flexibility index (Phi) is 147. The number of unbranched alkanes of at least 4 members (excludes halogenated alkanes) is 84. The number of carboxylic acids is 6. The number of carbonyl (C=O) groups is 6. The van der Waals surface area contributed by atoms with Crippen molar-refractivity contribution in [1.82, 2.24) is 0 Å². The molecule has 12 nitrogen and oxygen atoms in total. The van der Waals surface area contributed by atoms with E-state index in [0.717, 1.165) is 77.0 Å². The van der Waals surface area contributed by atoms with Gasteiger partial charge in [-0.05, 0) is 77.0 Å². The molecule has 0 saturated carbocycles. The first-order valence-corrected chi connectivity index (χ1v) is 53.8. The molecule has 0 aliphatic rings. The van der Waals surface area contributed by atoms with Crippen molar-refractivity contribution >= 4 is 59.7 Å². The van der Waals surface area contributed by atoms with Crippen molar-refractivity contribution in [3.05, 3.63) is 0 Å². The van der Waals surface area contributed by atoms with E-state index in [1.165, 1.54) is 501 Å². The van der Waals surface area contributed by atoms with Crippen molar-refractivity contribution in [3.63, 3.8) is 0 Å². The van der Waals surface area contributed by atoms with E-state index in [0.29, 0.717) is 0 Å². The number of aliphatic carboxylic acids is 6. The third-order valence-electron chi connectivity index (χ3n) is 23.9. The van der Waals surface area contributed by atoms with E-state index in [1.54, 1.807) is 0 Å². The number of rotatable bonds is 96. The Balaban J connectivity index is -0.000000212. The van der Waals surface area contributed by atoms with Crippen LogP contribution in [0.5, 0.6) is 0 Å². The standard InChI is InChI=1S/6C18H36O2.Sn.Zn/c6*1-2-3-4-5-6-7-8-9-10-11-12-13-14-15-16-17-18(19)20;;/h6*2-17H2,1H3,(H,19,20);;/q;;;;;;+4;+2/p-6. The minimum Gasteiger partial charge on any atom is -0.550 e. The maximum Gasteiger partial charge on any atom is 4.00 e. The van der Waals surface area contributed by atoms with Gasteiger partial charge in [0.15, 0.2) is 0 Å². The molecule has 0 amide bonds. The van der Waals surface area contributed by atoms with Crippen LogP contribution in [0.4, 0.5) is 0 Å². The van der Waals surface area contributed by atoms with Gasteiger partial charge < -0.3 is 59.4 Å². The predicted molar refractivity (Wildman–Crippen MR) is 513 cm³/mol. The molecule has 0 saturated heterocycles. The second-order valence-corrected chi connectivity index (χ2v) is 36.4. The Morgan fingerprint density at radius 1 is 0.115 bits per heavy atom. The maximum atomic E-state index is 10.2. The van der Waals surface area contributed by atoms with Gasteiger partial charge in [0.1, 0.15) is 0 Å². The van der Waals surface area contributed by atoms with Crippen LogP contribution in [0.15, 0.2) is 0 Å². The van der Waals surface area contributed by atoms with Gasteiger partial charge in [-0.2, -0.15) is 0 Å². The van der Waals surface area contributed by atoms with Gasteiger partial charge in [-0.15, -0.1) is 0 Å². The van der Waals surface area contributed by atoms with Crippen LogP contribution in [-0.4, -0.2) is 59.7 Å². The van der Waals surface area contributed by atoms with Crippen molar-refractivity contribution in [2.24, 2.45) is 0 Å². The first-order valence-electron chi connectivity index (χ1n) is 53.8. The average Bonchev–Trinajstić information content (AvgIpc) is 1.20. The third-order valence-corrected chi connectivity index (χ3v) is 23.9. The summed E-state index contributed by atoms with van der Waals surface area (Å²) in [6.07, 6.45) is 119. The van der Waals surface area contributed by atoms with E-state index >= 15 is 0 Å². The predicted octanol–water partition coefficient (Wildman–Crippen LogP) is 29.6. The smallest absolute Gasteiger partial charge is 0.550 e. The van der Waals surface area contributed by atoms with E-state index < -0.39 is 35.8 Å². The Hall–Kier alpha value is -1.76. The van der Waals surface area contributed by atoms with Gasteiger partial charge in [-0.25, -0.2) is 0 Å². The summed E-state index contributed by atoms with van der Waals surface area (Å²) >= 11 is 0. The summed E-state index contributed by atoms with van der Waals surface area (Å²) in [6, 6.07) is 0. The Bertz CT molecular complexity index is 1570. The number of hydrogen-bond acceptors (Lipinski definition) is 12. The molecule has 0 aliphatic heterocycles. The molecule has 0 heterocycles. The Morgan fingerprint density at radius 3 is 0.213 bits per heavy atom. The van der Waals surface area contributed by atoms with Gasteiger partial charge in [0.2, 0.25) is 0 Å². The third kappa shape index (κ3) is 162. The molecule has 0 fully saturated rings. The molecule has 0 aromatic carbocycles. The molecule has 0 rings (SSSR count). The Labute approximate surface area is 791 Å². The minimum atomic E-state index is -0.903. The van der Waals surface area contributed by atoms with Crippen LogP contribution in [0.1, 0.15) is 658 Å². The average molecular weight is 1880 g/mol. The molecule has 14 heteroatoms.